The minimum Gasteiger partial charge on any atom is -0.282 e. The number of pyridine rings is 1. The molecule has 3 aromatic heterocycles. The summed E-state index contributed by atoms with van der Waals surface area (Å²) in [6.07, 6.45) is 1.87. The minimum atomic E-state index is -0.398. The second kappa shape index (κ2) is 7.72. The van der Waals surface area contributed by atoms with Gasteiger partial charge in [-0.25, -0.2) is 9.37 Å². The zero-order chi connectivity index (χ0) is 18.8. The van der Waals surface area contributed by atoms with Gasteiger partial charge in [-0.3, -0.25) is 14.7 Å². The average Bonchev–Trinajstić information content (AvgIpc) is 3.27. The highest BCUT2D eigenvalue weighted by Crippen LogP contribution is 2.32. The number of carbonyl (C=O) groups excluding carboxylic acids is 1. The second-order valence-electron chi connectivity index (χ2n) is 5.77. The van der Waals surface area contributed by atoms with Crippen LogP contribution >= 0.6 is 34.3 Å². The number of halogens is 2. The number of para-hydroxylation sites is 1. The van der Waals surface area contributed by atoms with Crippen LogP contribution in [0.25, 0.3) is 10.2 Å². The molecule has 1 aromatic carbocycles. The molecule has 0 N–H and O–H groups in total. The van der Waals surface area contributed by atoms with E-state index in [1.807, 2.05) is 24.3 Å². The standard InChI is InChI=1S/C19H13ClFN3OS2/c20-16-8-7-13(26-16)10-17(25)24(11-12-4-1-2-9-22-12)19-23-18-14(21)5-3-6-15(18)27-19/h1-9H,10-11H2. The van der Waals surface area contributed by atoms with Gasteiger partial charge in [0.15, 0.2) is 5.13 Å². The maximum Gasteiger partial charge on any atom is 0.234 e. The zero-order valence-corrected chi connectivity index (χ0v) is 16.3. The topological polar surface area (TPSA) is 46.1 Å². The van der Waals surface area contributed by atoms with Crippen molar-refractivity contribution in [3.8, 4) is 0 Å². The largest absolute Gasteiger partial charge is 0.282 e. The first kappa shape index (κ1) is 18.0. The van der Waals surface area contributed by atoms with Gasteiger partial charge < -0.3 is 0 Å². The fraction of sp³-hybridized carbons (Fsp3) is 0.105. The van der Waals surface area contributed by atoms with Gasteiger partial charge in [-0.05, 0) is 36.4 Å². The number of fused-ring (bicyclic) bond motifs is 1. The Kier molecular flexibility index (Phi) is 5.15. The number of amides is 1. The van der Waals surface area contributed by atoms with Crippen molar-refractivity contribution < 1.29 is 9.18 Å². The summed E-state index contributed by atoms with van der Waals surface area (Å²) in [5.41, 5.74) is 1.00. The lowest BCUT2D eigenvalue weighted by molar-refractivity contribution is -0.118. The van der Waals surface area contributed by atoms with Crippen molar-refractivity contribution in [2.24, 2.45) is 0 Å². The molecule has 0 bridgehead atoms. The Morgan fingerprint density at radius 1 is 1.11 bits per heavy atom. The molecule has 0 atom stereocenters. The quantitative estimate of drug-likeness (QED) is 0.441. The Labute approximate surface area is 167 Å². The molecule has 0 aliphatic carbocycles. The van der Waals surface area contributed by atoms with E-state index < -0.39 is 5.82 Å². The lowest BCUT2D eigenvalue weighted by Gasteiger charge is -2.19. The normalized spacial score (nSPS) is 11.0. The summed E-state index contributed by atoms with van der Waals surface area (Å²) in [5.74, 6) is -0.538. The Bertz CT molecular complexity index is 1100. The monoisotopic (exact) mass is 417 g/mol. The number of nitrogens with zero attached hydrogens (tertiary/aromatic N) is 3. The molecule has 8 heteroatoms. The smallest absolute Gasteiger partial charge is 0.234 e. The highest BCUT2D eigenvalue weighted by atomic mass is 35.5. The van der Waals surface area contributed by atoms with Gasteiger partial charge in [-0.15, -0.1) is 11.3 Å². The van der Waals surface area contributed by atoms with E-state index in [4.69, 9.17) is 11.6 Å². The second-order valence-corrected chi connectivity index (χ2v) is 8.58. The van der Waals surface area contributed by atoms with E-state index in [2.05, 4.69) is 9.97 Å². The number of thiophene rings is 1. The molecule has 0 spiro atoms. The summed E-state index contributed by atoms with van der Waals surface area (Å²) >= 11 is 8.63. The summed E-state index contributed by atoms with van der Waals surface area (Å²) in [6, 6.07) is 13.9. The fourth-order valence-corrected chi connectivity index (χ4v) is 4.70. The zero-order valence-electron chi connectivity index (χ0n) is 13.9. The SMILES string of the molecule is O=C(Cc1ccc(Cl)s1)N(Cc1ccccn1)c1nc2c(F)cccc2s1. The van der Waals surface area contributed by atoms with Crippen molar-refractivity contribution >= 4 is 55.5 Å². The minimum absolute atomic E-state index is 0.140. The van der Waals surface area contributed by atoms with Gasteiger partial charge in [-0.2, -0.15) is 0 Å². The molecular formula is C19H13ClFN3OS2. The molecule has 4 nitrogen and oxygen atoms in total. The summed E-state index contributed by atoms with van der Waals surface area (Å²) in [4.78, 5) is 24.1. The van der Waals surface area contributed by atoms with Crippen molar-refractivity contribution in [3.05, 3.63) is 75.5 Å². The first-order chi connectivity index (χ1) is 13.1. The number of carbonyl (C=O) groups is 1. The van der Waals surface area contributed by atoms with Crippen molar-refractivity contribution in [2.45, 2.75) is 13.0 Å². The van der Waals surface area contributed by atoms with E-state index in [0.29, 0.717) is 14.2 Å². The van der Waals surface area contributed by atoms with Gasteiger partial charge in [0.1, 0.15) is 11.3 Å². The van der Waals surface area contributed by atoms with Crippen LogP contribution in [0.2, 0.25) is 4.34 Å². The molecule has 0 aliphatic heterocycles. The summed E-state index contributed by atoms with van der Waals surface area (Å²) < 4.78 is 15.4. The Morgan fingerprint density at radius 3 is 2.70 bits per heavy atom. The maximum absolute atomic E-state index is 14.1. The van der Waals surface area contributed by atoms with Gasteiger partial charge in [0, 0.05) is 11.1 Å². The third-order valence-corrected chi connectivity index (χ3v) is 6.17. The van der Waals surface area contributed by atoms with Crippen molar-refractivity contribution in [1.29, 1.82) is 0 Å². The molecule has 3 heterocycles. The van der Waals surface area contributed by atoms with Gasteiger partial charge in [0.25, 0.3) is 0 Å². The van der Waals surface area contributed by atoms with Crippen LogP contribution in [-0.4, -0.2) is 15.9 Å². The van der Waals surface area contributed by atoms with E-state index in [1.54, 1.807) is 29.3 Å². The average molecular weight is 418 g/mol. The molecule has 0 radical (unpaired) electrons. The van der Waals surface area contributed by atoms with E-state index in [0.717, 1.165) is 10.6 Å². The predicted molar refractivity (Wildman–Crippen MR) is 108 cm³/mol. The van der Waals surface area contributed by atoms with Crippen molar-refractivity contribution in [3.63, 3.8) is 0 Å². The molecule has 0 aliphatic rings. The van der Waals surface area contributed by atoms with Crippen LogP contribution in [0.5, 0.6) is 0 Å². The van der Waals surface area contributed by atoms with Gasteiger partial charge in [0.2, 0.25) is 5.91 Å². The molecule has 0 saturated heterocycles. The lowest BCUT2D eigenvalue weighted by atomic mass is 10.3. The van der Waals surface area contributed by atoms with Crippen LogP contribution in [0.3, 0.4) is 0 Å². The van der Waals surface area contributed by atoms with Crippen LogP contribution in [0.15, 0.2) is 54.7 Å². The van der Waals surface area contributed by atoms with Crippen molar-refractivity contribution in [1.82, 2.24) is 9.97 Å². The maximum atomic E-state index is 14.1. The number of anilines is 1. The molecule has 27 heavy (non-hydrogen) atoms. The van der Waals surface area contributed by atoms with E-state index >= 15 is 0 Å². The van der Waals surface area contributed by atoms with Gasteiger partial charge in [0.05, 0.1) is 27.7 Å². The molecule has 4 rings (SSSR count). The molecule has 0 unspecified atom stereocenters. The van der Waals surface area contributed by atoms with E-state index in [9.17, 15) is 9.18 Å². The molecule has 136 valence electrons. The molecule has 0 saturated carbocycles. The van der Waals surface area contributed by atoms with Crippen molar-refractivity contribution in [2.75, 3.05) is 4.90 Å². The first-order valence-corrected chi connectivity index (χ1v) is 10.1. The number of aromatic nitrogens is 2. The highest BCUT2D eigenvalue weighted by molar-refractivity contribution is 7.22. The predicted octanol–water partition coefficient (Wildman–Crippen LogP) is 5.32. The van der Waals surface area contributed by atoms with Crippen LogP contribution in [0.4, 0.5) is 9.52 Å². The number of benzene rings is 1. The molecular weight excluding hydrogens is 405 g/mol. The Morgan fingerprint density at radius 2 is 2.00 bits per heavy atom. The number of rotatable bonds is 5. The fourth-order valence-electron chi connectivity index (χ4n) is 2.63. The van der Waals surface area contributed by atoms with Crippen LogP contribution in [0.1, 0.15) is 10.6 Å². The lowest BCUT2D eigenvalue weighted by Crippen LogP contribution is -2.31. The number of hydrogen-bond donors (Lipinski definition) is 0. The van der Waals surface area contributed by atoms with Gasteiger partial charge >= 0.3 is 0 Å². The third-order valence-electron chi connectivity index (χ3n) is 3.89. The Hall–Kier alpha value is -2.35. The van der Waals surface area contributed by atoms with Gasteiger partial charge in [-0.1, -0.05) is 35.1 Å². The highest BCUT2D eigenvalue weighted by Gasteiger charge is 2.22. The van der Waals surface area contributed by atoms with Crippen LogP contribution in [0, 0.1) is 5.82 Å². The molecule has 0 fully saturated rings. The molecule has 1 amide bonds. The number of hydrogen-bond acceptors (Lipinski definition) is 5. The summed E-state index contributed by atoms with van der Waals surface area (Å²) in [7, 11) is 0. The Balaban J connectivity index is 1.70. The summed E-state index contributed by atoms with van der Waals surface area (Å²) in [6.45, 7) is 0.264. The van der Waals surface area contributed by atoms with E-state index in [1.165, 1.54) is 28.7 Å². The number of thiazole rings is 1. The third kappa shape index (κ3) is 4.00. The van der Waals surface area contributed by atoms with Crippen LogP contribution < -0.4 is 4.90 Å². The summed E-state index contributed by atoms with van der Waals surface area (Å²) in [5, 5.41) is 0.452. The first-order valence-electron chi connectivity index (χ1n) is 8.10. The van der Waals surface area contributed by atoms with E-state index in [-0.39, 0.29) is 24.4 Å². The van der Waals surface area contributed by atoms with Crippen LogP contribution in [-0.2, 0) is 17.8 Å². The molecule has 4 aromatic rings.